The van der Waals surface area contributed by atoms with Crippen LogP contribution in [-0.2, 0) is 9.53 Å². The molecular weight excluding hydrogens is 316 g/mol. The zero-order valence-electron chi connectivity index (χ0n) is 12.1. The van der Waals surface area contributed by atoms with Gasteiger partial charge in [-0.3, -0.25) is 0 Å². The molecule has 2 atom stereocenters. The molecule has 23 heavy (non-hydrogen) atoms. The Bertz CT molecular complexity index is 941. The summed E-state index contributed by atoms with van der Waals surface area (Å²) < 4.78 is 16.1. The summed E-state index contributed by atoms with van der Waals surface area (Å²) >= 11 is 1.46. The van der Waals surface area contributed by atoms with Gasteiger partial charge >= 0.3 is 11.6 Å². The second-order valence-electron chi connectivity index (χ2n) is 5.18. The summed E-state index contributed by atoms with van der Waals surface area (Å²) in [7, 11) is 1.31. The normalized spacial score (nSPS) is 19.3. The van der Waals surface area contributed by atoms with Gasteiger partial charge < -0.3 is 13.9 Å². The van der Waals surface area contributed by atoms with Crippen LogP contribution in [0, 0.1) is 0 Å². The smallest absolute Gasteiger partial charge is 0.348 e. The highest BCUT2D eigenvalue weighted by atomic mass is 32.1. The molecule has 0 saturated heterocycles. The van der Waals surface area contributed by atoms with Crippen molar-refractivity contribution in [2.75, 3.05) is 7.11 Å². The van der Waals surface area contributed by atoms with Crippen LogP contribution in [0.1, 0.15) is 16.4 Å². The number of hydrogen-bond donors (Lipinski definition) is 0. The minimum atomic E-state index is -0.887. The van der Waals surface area contributed by atoms with Crippen molar-refractivity contribution in [3.8, 4) is 5.75 Å². The number of para-hydroxylation sites is 1. The molecule has 0 saturated carbocycles. The Hall–Kier alpha value is -2.60. The molecule has 2 unspecified atom stereocenters. The van der Waals surface area contributed by atoms with Crippen molar-refractivity contribution in [2.45, 2.75) is 12.0 Å². The van der Waals surface area contributed by atoms with Gasteiger partial charge in [-0.05, 0) is 23.6 Å². The van der Waals surface area contributed by atoms with Gasteiger partial charge in [0.1, 0.15) is 11.3 Å². The van der Waals surface area contributed by atoms with Crippen LogP contribution in [0.15, 0.2) is 51.0 Å². The molecule has 0 bridgehead atoms. The van der Waals surface area contributed by atoms with E-state index in [-0.39, 0.29) is 0 Å². The van der Waals surface area contributed by atoms with Crippen molar-refractivity contribution >= 4 is 28.3 Å². The van der Waals surface area contributed by atoms with Crippen LogP contribution in [-0.4, -0.2) is 19.2 Å². The first-order valence-corrected chi connectivity index (χ1v) is 7.92. The lowest BCUT2D eigenvalue weighted by Crippen LogP contribution is -2.31. The average molecular weight is 328 g/mol. The van der Waals surface area contributed by atoms with Crippen LogP contribution in [0.3, 0.4) is 0 Å². The first-order valence-electron chi connectivity index (χ1n) is 7.04. The molecule has 0 amide bonds. The Morgan fingerprint density at radius 1 is 1.22 bits per heavy atom. The van der Waals surface area contributed by atoms with Crippen LogP contribution < -0.4 is 10.4 Å². The Morgan fingerprint density at radius 3 is 2.78 bits per heavy atom. The third-order valence-electron chi connectivity index (χ3n) is 3.94. The molecule has 3 heterocycles. The molecule has 0 radical (unpaired) electrons. The van der Waals surface area contributed by atoms with Crippen LogP contribution >= 0.6 is 11.3 Å². The topological polar surface area (TPSA) is 65.7 Å². The van der Waals surface area contributed by atoms with Gasteiger partial charge in [-0.25, -0.2) is 9.59 Å². The lowest BCUT2D eigenvalue weighted by atomic mass is 9.94. The number of esters is 1. The highest BCUT2D eigenvalue weighted by Crippen LogP contribution is 2.45. The van der Waals surface area contributed by atoms with Crippen LogP contribution in [0.2, 0.25) is 0 Å². The summed E-state index contributed by atoms with van der Waals surface area (Å²) in [5, 5.41) is 2.57. The molecule has 0 aliphatic carbocycles. The minimum absolute atomic E-state index is 0.376. The molecular formula is C17H12O5S. The van der Waals surface area contributed by atoms with E-state index in [4.69, 9.17) is 13.9 Å². The summed E-state index contributed by atoms with van der Waals surface area (Å²) in [5.74, 6) is -0.618. The van der Waals surface area contributed by atoms with E-state index in [0.717, 1.165) is 4.88 Å². The lowest BCUT2D eigenvalue weighted by molar-refractivity contribution is -0.148. The summed E-state index contributed by atoms with van der Waals surface area (Å²) in [6, 6.07) is 10.9. The van der Waals surface area contributed by atoms with Crippen molar-refractivity contribution < 1.29 is 18.7 Å². The number of thiophene rings is 1. The second-order valence-corrected chi connectivity index (χ2v) is 6.16. The third-order valence-corrected chi connectivity index (χ3v) is 4.90. The Balaban J connectivity index is 2.00. The van der Waals surface area contributed by atoms with Gasteiger partial charge in [-0.15, -0.1) is 11.3 Å². The predicted octanol–water partition coefficient (Wildman–Crippen LogP) is 2.92. The van der Waals surface area contributed by atoms with E-state index in [9.17, 15) is 9.59 Å². The molecule has 6 heteroatoms. The van der Waals surface area contributed by atoms with E-state index in [1.807, 2.05) is 29.6 Å². The van der Waals surface area contributed by atoms with Crippen molar-refractivity contribution in [1.82, 2.24) is 0 Å². The summed E-state index contributed by atoms with van der Waals surface area (Å²) in [4.78, 5) is 25.5. The summed E-state index contributed by atoms with van der Waals surface area (Å²) in [5.41, 5.74) is 0.330. The van der Waals surface area contributed by atoms with Crippen LogP contribution in [0.4, 0.5) is 0 Å². The molecule has 3 aromatic rings. The quantitative estimate of drug-likeness (QED) is 0.534. The van der Waals surface area contributed by atoms with E-state index < -0.39 is 23.6 Å². The molecule has 1 aliphatic heterocycles. The Morgan fingerprint density at radius 2 is 2.04 bits per heavy atom. The number of hydrogen-bond acceptors (Lipinski definition) is 6. The number of methoxy groups -OCH3 is 1. The fourth-order valence-corrected chi connectivity index (χ4v) is 3.80. The zero-order chi connectivity index (χ0) is 16.0. The van der Waals surface area contributed by atoms with Gasteiger partial charge in [0.25, 0.3) is 0 Å². The fraction of sp³-hybridized carbons (Fsp3) is 0.176. The predicted molar refractivity (Wildman–Crippen MR) is 85.1 cm³/mol. The molecule has 0 spiro atoms. The molecule has 116 valence electrons. The number of fused-ring (bicyclic) bond motifs is 3. The SMILES string of the molecule is COC(=O)C1Oc2c(c(=O)oc3ccccc23)C1c1cccs1. The molecule has 0 N–H and O–H groups in total. The lowest BCUT2D eigenvalue weighted by Gasteiger charge is -2.14. The number of benzene rings is 1. The first-order chi connectivity index (χ1) is 11.2. The monoisotopic (exact) mass is 328 g/mol. The largest absolute Gasteiger partial charge is 0.476 e. The Kier molecular flexibility index (Phi) is 3.20. The molecule has 5 nitrogen and oxygen atoms in total. The van der Waals surface area contributed by atoms with Crippen molar-refractivity contribution in [3.05, 3.63) is 62.6 Å². The standard InChI is InChI=1S/C17H12O5S/c1-20-17(19)15-12(11-7-4-8-23-11)13-14(22-15)9-5-2-3-6-10(9)21-16(13)18/h2-8,12,15H,1H3. The maximum atomic E-state index is 12.5. The number of carbonyl (C=O) groups is 1. The molecule has 4 rings (SSSR count). The van der Waals surface area contributed by atoms with Crippen molar-refractivity contribution in [1.29, 1.82) is 0 Å². The molecule has 2 aromatic heterocycles. The van der Waals surface area contributed by atoms with Gasteiger partial charge in [0.15, 0.2) is 0 Å². The summed E-state index contributed by atoms with van der Waals surface area (Å²) in [6.45, 7) is 0. The number of carbonyl (C=O) groups excluding carboxylic acids is 1. The van der Waals surface area contributed by atoms with Gasteiger partial charge in [0.2, 0.25) is 6.10 Å². The maximum absolute atomic E-state index is 12.5. The van der Waals surface area contributed by atoms with Gasteiger partial charge in [-0.2, -0.15) is 0 Å². The van der Waals surface area contributed by atoms with E-state index in [0.29, 0.717) is 22.3 Å². The Labute approximate surface area is 135 Å². The highest BCUT2D eigenvalue weighted by Gasteiger charge is 2.45. The maximum Gasteiger partial charge on any atom is 0.348 e. The second kappa shape index (κ2) is 5.24. The first kappa shape index (κ1) is 14.0. The van der Waals surface area contributed by atoms with Gasteiger partial charge in [0, 0.05) is 4.88 Å². The third kappa shape index (κ3) is 2.06. The van der Waals surface area contributed by atoms with E-state index in [1.54, 1.807) is 12.1 Å². The van der Waals surface area contributed by atoms with Crippen molar-refractivity contribution in [3.63, 3.8) is 0 Å². The highest BCUT2D eigenvalue weighted by molar-refractivity contribution is 7.10. The van der Waals surface area contributed by atoms with E-state index in [2.05, 4.69) is 0 Å². The zero-order valence-corrected chi connectivity index (χ0v) is 13.0. The number of ether oxygens (including phenoxy) is 2. The molecule has 0 fully saturated rings. The van der Waals surface area contributed by atoms with Crippen LogP contribution in [0.25, 0.3) is 11.0 Å². The average Bonchev–Trinajstić information content (AvgIpc) is 3.21. The molecule has 1 aromatic carbocycles. The number of rotatable bonds is 2. The van der Waals surface area contributed by atoms with Gasteiger partial charge in [0.05, 0.1) is 24.0 Å². The van der Waals surface area contributed by atoms with Crippen molar-refractivity contribution in [2.24, 2.45) is 0 Å². The van der Waals surface area contributed by atoms with Gasteiger partial charge in [-0.1, -0.05) is 18.2 Å². The minimum Gasteiger partial charge on any atom is -0.476 e. The summed E-state index contributed by atoms with van der Waals surface area (Å²) in [6.07, 6.45) is -0.887. The van der Waals surface area contributed by atoms with Crippen LogP contribution in [0.5, 0.6) is 5.75 Å². The van der Waals surface area contributed by atoms with E-state index >= 15 is 0 Å². The fourth-order valence-electron chi connectivity index (χ4n) is 2.94. The van der Waals surface area contributed by atoms with E-state index in [1.165, 1.54) is 18.4 Å². The molecule has 1 aliphatic rings.